The van der Waals surface area contributed by atoms with E-state index in [0.29, 0.717) is 45.2 Å². The van der Waals surface area contributed by atoms with E-state index in [4.69, 9.17) is 9.47 Å². The Morgan fingerprint density at radius 3 is 2.57 bits per heavy atom. The van der Waals surface area contributed by atoms with Crippen molar-refractivity contribution in [2.45, 2.75) is 77.9 Å². The second kappa shape index (κ2) is 9.57. The molecule has 28 heavy (non-hydrogen) atoms. The Kier molecular flexibility index (Phi) is 7.67. The van der Waals surface area contributed by atoms with Gasteiger partial charge in [-0.25, -0.2) is 4.79 Å². The lowest BCUT2D eigenvalue weighted by molar-refractivity contribution is -0.146. The number of cyclic esters (lactones) is 1. The van der Waals surface area contributed by atoms with Crippen LogP contribution in [0.5, 0.6) is 0 Å². The lowest BCUT2D eigenvalue weighted by Crippen LogP contribution is -2.38. The Hall–Kier alpha value is -1.85. The van der Waals surface area contributed by atoms with Crippen molar-refractivity contribution in [2.75, 3.05) is 13.1 Å². The molecule has 1 amide bonds. The monoisotopic (exact) mass is 393 g/mol. The van der Waals surface area contributed by atoms with Gasteiger partial charge in [-0.3, -0.25) is 9.59 Å². The van der Waals surface area contributed by atoms with Crippen molar-refractivity contribution in [1.82, 2.24) is 4.90 Å². The molecule has 0 aromatic rings. The molecule has 0 N–H and O–H groups in total. The standard InChI is InChI=1S/C22H35NO5/c1-6-9-17(20-15(2)14-19(25)27-20)16-10-7-12-23(13-8-11-18(16)24)21(26)28-22(3,4)5/h6,15-17,20H,1,7-14H2,2-5H3/t15-,16?,17+,20-/m1/s1. The van der Waals surface area contributed by atoms with Gasteiger partial charge in [0.1, 0.15) is 17.5 Å². The number of rotatable bonds is 4. The molecule has 2 fully saturated rings. The zero-order chi connectivity index (χ0) is 20.9. The maximum Gasteiger partial charge on any atom is 0.410 e. The number of hydrogen-bond acceptors (Lipinski definition) is 5. The molecule has 6 heteroatoms. The summed E-state index contributed by atoms with van der Waals surface area (Å²) >= 11 is 0. The van der Waals surface area contributed by atoms with E-state index in [9.17, 15) is 14.4 Å². The van der Waals surface area contributed by atoms with Crippen LogP contribution in [-0.4, -0.2) is 47.5 Å². The summed E-state index contributed by atoms with van der Waals surface area (Å²) < 4.78 is 11.1. The molecular formula is C22H35NO5. The predicted octanol–water partition coefficient (Wildman–Crippen LogP) is 4.13. The number of ketones is 1. The van der Waals surface area contributed by atoms with Crippen LogP contribution < -0.4 is 0 Å². The summed E-state index contributed by atoms with van der Waals surface area (Å²) in [7, 11) is 0. The molecule has 2 aliphatic heterocycles. The van der Waals surface area contributed by atoms with Crippen LogP contribution in [0.4, 0.5) is 4.79 Å². The number of esters is 1. The largest absolute Gasteiger partial charge is 0.462 e. The highest BCUT2D eigenvalue weighted by molar-refractivity contribution is 5.82. The zero-order valence-corrected chi connectivity index (χ0v) is 17.7. The van der Waals surface area contributed by atoms with Gasteiger partial charge in [-0.15, -0.1) is 6.58 Å². The molecule has 0 spiro atoms. The molecule has 158 valence electrons. The number of Topliss-reactive ketones (excluding diaryl/α,β-unsaturated/α-hetero) is 1. The van der Waals surface area contributed by atoms with Crippen LogP contribution in [0.25, 0.3) is 0 Å². The van der Waals surface area contributed by atoms with Crippen LogP contribution in [-0.2, 0) is 19.1 Å². The number of allylic oxidation sites excluding steroid dienone is 1. The SMILES string of the molecule is C=CC[C@@H](C1CCCN(C(=O)OC(C)(C)C)CCCC1=O)[C@@H]1OC(=O)C[C@H]1C. The van der Waals surface area contributed by atoms with Crippen molar-refractivity contribution < 1.29 is 23.9 Å². The zero-order valence-electron chi connectivity index (χ0n) is 17.7. The van der Waals surface area contributed by atoms with Crippen LogP contribution >= 0.6 is 0 Å². The molecule has 2 heterocycles. The van der Waals surface area contributed by atoms with Gasteiger partial charge in [-0.1, -0.05) is 13.0 Å². The average Bonchev–Trinajstić information content (AvgIpc) is 2.95. The van der Waals surface area contributed by atoms with Gasteiger partial charge in [0.05, 0.1) is 6.42 Å². The Bertz CT molecular complexity index is 594. The molecule has 0 bridgehead atoms. The minimum absolute atomic E-state index is 0.0421. The summed E-state index contributed by atoms with van der Waals surface area (Å²) in [6.45, 7) is 12.5. The van der Waals surface area contributed by atoms with Gasteiger partial charge in [0.2, 0.25) is 0 Å². The Morgan fingerprint density at radius 1 is 1.32 bits per heavy atom. The summed E-state index contributed by atoms with van der Waals surface area (Å²) in [5.74, 6) is -0.0863. The summed E-state index contributed by atoms with van der Waals surface area (Å²) in [6, 6.07) is 0. The first-order valence-electron chi connectivity index (χ1n) is 10.4. The predicted molar refractivity (Wildman–Crippen MR) is 107 cm³/mol. The van der Waals surface area contributed by atoms with Gasteiger partial charge in [0.15, 0.2) is 0 Å². The van der Waals surface area contributed by atoms with Gasteiger partial charge in [-0.2, -0.15) is 0 Å². The molecule has 6 nitrogen and oxygen atoms in total. The molecule has 0 aliphatic carbocycles. The molecule has 2 rings (SSSR count). The number of nitrogens with zero attached hydrogens (tertiary/aromatic N) is 1. The van der Waals surface area contributed by atoms with Crippen LogP contribution in [0.1, 0.15) is 66.2 Å². The average molecular weight is 394 g/mol. The molecule has 0 aromatic carbocycles. The highest BCUT2D eigenvalue weighted by Gasteiger charge is 2.42. The molecule has 4 atom stereocenters. The molecule has 0 radical (unpaired) electrons. The fraction of sp³-hybridized carbons (Fsp3) is 0.773. The number of amides is 1. The third kappa shape index (κ3) is 6.08. The Balaban J connectivity index is 2.09. The van der Waals surface area contributed by atoms with Gasteiger partial charge < -0.3 is 14.4 Å². The lowest BCUT2D eigenvalue weighted by atomic mass is 9.75. The van der Waals surface area contributed by atoms with E-state index in [-0.39, 0.29) is 41.7 Å². The first kappa shape index (κ1) is 22.4. The molecular weight excluding hydrogens is 358 g/mol. The maximum absolute atomic E-state index is 13.0. The number of carbonyl (C=O) groups excluding carboxylic acids is 3. The smallest absolute Gasteiger partial charge is 0.410 e. The van der Waals surface area contributed by atoms with E-state index in [1.807, 2.05) is 33.8 Å². The van der Waals surface area contributed by atoms with E-state index in [1.165, 1.54) is 0 Å². The third-order valence-corrected chi connectivity index (χ3v) is 5.55. The number of ether oxygens (including phenoxy) is 2. The van der Waals surface area contributed by atoms with Gasteiger partial charge >= 0.3 is 12.1 Å². The van der Waals surface area contributed by atoms with Crippen molar-refractivity contribution in [2.24, 2.45) is 17.8 Å². The highest BCUT2D eigenvalue weighted by Crippen LogP contribution is 2.37. The topological polar surface area (TPSA) is 72.9 Å². The van der Waals surface area contributed by atoms with E-state index >= 15 is 0 Å². The van der Waals surface area contributed by atoms with Crippen LogP contribution in [0, 0.1) is 17.8 Å². The van der Waals surface area contributed by atoms with Crippen LogP contribution in [0.15, 0.2) is 12.7 Å². The maximum atomic E-state index is 13.0. The normalized spacial score (nSPS) is 28.0. The number of carbonyl (C=O) groups is 3. The van der Waals surface area contributed by atoms with E-state index in [2.05, 4.69) is 6.58 Å². The summed E-state index contributed by atoms with van der Waals surface area (Å²) in [4.78, 5) is 38.9. The molecule has 1 unspecified atom stereocenters. The van der Waals surface area contributed by atoms with Crippen LogP contribution in [0.3, 0.4) is 0 Å². The molecule has 0 aromatic heterocycles. The first-order chi connectivity index (χ1) is 13.1. The Labute approximate surface area is 168 Å². The first-order valence-corrected chi connectivity index (χ1v) is 10.4. The highest BCUT2D eigenvalue weighted by atomic mass is 16.6. The minimum atomic E-state index is -0.536. The fourth-order valence-corrected chi connectivity index (χ4v) is 4.29. The van der Waals surface area contributed by atoms with Crippen molar-refractivity contribution in [3.8, 4) is 0 Å². The van der Waals surface area contributed by atoms with E-state index < -0.39 is 5.60 Å². The second-order valence-electron chi connectivity index (χ2n) is 9.11. The summed E-state index contributed by atoms with van der Waals surface area (Å²) in [5, 5.41) is 0. The van der Waals surface area contributed by atoms with Crippen molar-refractivity contribution >= 4 is 17.8 Å². The molecule has 0 saturated carbocycles. The van der Waals surface area contributed by atoms with E-state index in [0.717, 1.165) is 6.42 Å². The quantitative estimate of drug-likeness (QED) is 0.530. The van der Waals surface area contributed by atoms with Crippen LogP contribution in [0.2, 0.25) is 0 Å². The third-order valence-electron chi connectivity index (χ3n) is 5.55. The van der Waals surface area contributed by atoms with Crippen molar-refractivity contribution in [3.63, 3.8) is 0 Å². The van der Waals surface area contributed by atoms with Gasteiger partial charge in [-0.05, 0) is 46.5 Å². The number of hydrogen-bond donors (Lipinski definition) is 0. The second-order valence-corrected chi connectivity index (χ2v) is 9.11. The summed E-state index contributed by atoms with van der Waals surface area (Å²) in [5.41, 5.74) is -0.536. The van der Waals surface area contributed by atoms with Gasteiger partial charge in [0, 0.05) is 37.3 Å². The van der Waals surface area contributed by atoms with E-state index in [1.54, 1.807) is 4.90 Å². The fourth-order valence-electron chi connectivity index (χ4n) is 4.29. The summed E-state index contributed by atoms with van der Waals surface area (Å²) in [6.07, 6.45) is 4.76. The molecule has 2 aliphatic rings. The lowest BCUT2D eigenvalue weighted by Gasteiger charge is -2.31. The minimum Gasteiger partial charge on any atom is -0.462 e. The van der Waals surface area contributed by atoms with Crippen molar-refractivity contribution in [3.05, 3.63) is 12.7 Å². The Morgan fingerprint density at radius 2 is 2.00 bits per heavy atom. The van der Waals surface area contributed by atoms with Crippen molar-refractivity contribution in [1.29, 1.82) is 0 Å². The molecule has 2 saturated heterocycles. The van der Waals surface area contributed by atoms with Gasteiger partial charge in [0.25, 0.3) is 0 Å².